The molecule has 1 heterocycles. The van der Waals surface area contributed by atoms with Crippen LogP contribution >= 0.6 is 0 Å². The minimum atomic E-state index is -0.594. The van der Waals surface area contributed by atoms with Crippen molar-refractivity contribution in [1.82, 2.24) is 0 Å². The van der Waals surface area contributed by atoms with E-state index in [0.29, 0.717) is 29.9 Å². The van der Waals surface area contributed by atoms with Crippen LogP contribution in [-0.4, -0.2) is 25.0 Å². The first-order valence-electron chi connectivity index (χ1n) is 5.55. The molecule has 0 aromatic heterocycles. The summed E-state index contributed by atoms with van der Waals surface area (Å²) in [7, 11) is 0. The zero-order chi connectivity index (χ0) is 13.1. The highest BCUT2D eigenvalue weighted by atomic mass is 16.6. The lowest BCUT2D eigenvalue weighted by Gasteiger charge is -2.22. The van der Waals surface area contributed by atoms with Crippen LogP contribution in [0, 0.1) is 0 Å². The largest absolute Gasteiger partial charge is 0.386 e. The molecular formula is C14H13NO3. The maximum Gasteiger partial charge on any atom is 0.349 e. The number of fused-ring (bicyclic) bond motifs is 1. The Hall–Kier alpha value is -2.36. The molecule has 0 N–H and O–H groups in total. The molecule has 0 saturated carbocycles. The standard InChI is InChI=1S/C14H13NO3/c1-3-8-15(9-4-2)11-7-5-6-10-12(11)14(17)18-13(10)16/h3-7H,1-2,8-9H2. The predicted molar refractivity (Wildman–Crippen MR) is 68.8 cm³/mol. The van der Waals surface area contributed by atoms with Crippen molar-refractivity contribution >= 4 is 17.6 Å². The number of hydrogen-bond donors (Lipinski definition) is 0. The number of carbonyl (C=O) groups is 2. The van der Waals surface area contributed by atoms with Gasteiger partial charge in [0.25, 0.3) is 0 Å². The molecule has 0 unspecified atom stereocenters. The normalized spacial score (nSPS) is 12.9. The number of hydrogen-bond acceptors (Lipinski definition) is 4. The lowest BCUT2D eigenvalue weighted by atomic mass is 10.1. The van der Waals surface area contributed by atoms with Gasteiger partial charge in [-0.1, -0.05) is 18.2 Å². The molecule has 1 aromatic carbocycles. The van der Waals surface area contributed by atoms with Crippen molar-refractivity contribution in [3.8, 4) is 0 Å². The van der Waals surface area contributed by atoms with Crippen molar-refractivity contribution < 1.29 is 14.3 Å². The second-order valence-corrected chi connectivity index (χ2v) is 3.86. The molecule has 4 heteroatoms. The Labute approximate surface area is 105 Å². The van der Waals surface area contributed by atoms with Crippen LogP contribution in [0.3, 0.4) is 0 Å². The number of esters is 2. The van der Waals surface area contributed by atoms with Crippen molar-refractivity contribution in [1.29, 1.82) is 0 Å². The van der Waals surface area contributed by atoms with Gasteiger partial charge in [-0.15, -0.1) is 13.2 Å². The monoisotopic (exact) mass is 243 g/mol. The average Bonchev–Trinajstić information content (AvgIpc) is 2.65. The van der Waals surface area contributed by atoms with E-state index in [0.717, 1.165) is 0 Å². The van der Waals surface area contributed by atoms with Crippen LogP contribution < -0.4 is 4.90 Å². The fraction of sp³-hybridized carbons (Fsp3) is 0.143. The number of nitrogens with zero attached hydrogens (tertiary/aromatic N) is 1. The zero-order valence-electron chi connectivity index (χ0n) is 9.89. The summed E-state index contributed by atoms with van der Waals surface area (Å²) in [6, 6.07) is 5.10. The minimum Gasteiger partial charge on any atom is -0.386 e. The summed E-state index contributed by atoms with van der Waals surface area (Å²) in [4.78, 5) is 25.1. The quantitative estimate of drug-likeness (QED) is 0.452. The molecule has 1 aromatic rings. The number of anilines is 1. The molecule has 18 heavy (non-hydrogen) atoms. The minimum absolute atomic E-state index is 0.315. The molecule has 0 fully saturated rings. The molecule has 0 saturated heterocycles. The smallest absolute Gasteiger partial charge is 0.349 e. The van der Waals surface area contributed by atoms with Crippen LogP contribution in [0.1, 0.15) is 20.7 Å². The molecule has 0 spiro atoms. The Kier molecular flexibility index (Phi) is 3.28. The van der Waals surface area contributed by atoms with Gasteiger partial charge in [-0.05, 0) is 12.1 Å². The van der Waals surface area contributed by atoms with Gasteiger partial charge in [0.2, 0.25) is 0 Å². The van der Waals surface area contributed by atoms with E-state index in [1.165, 1.54) is 0 Å². The van der Waals surface area contributed by atoms with E-state index in [-0.39, 0.29) is 0 Å². The van der Waals surface area contributed by atoms with Crippen LogP contribution in [0.5, 0.6) is 0 Å². The Balaban J connectivity index is 2.51. The molecule has 1 aliphatic heterocycles. The first-order valence-corrected chi connectivity index (χ1v) is 5.55. The predicted octanol–water partition coefficient (Wildman–Crippen LogP) is 2.18. The van der Waals surface area contributed by atoms with Gasteiger partial charge in [0.05, 0.1) is 16.8 Å². The summed E-state index contributed by atoms with van der Waals surface area (Å²) >= 11 is 0. The number of benzene rings is 1. The topological polar surface area (TPSA) is 46.6 Å². The van der Waals surface area contributed by atoms with Gasteiger partial charge in [0, 0.05) is 13.1 Å². The zero-order valence-corrected chi connectivity index (χ0v) is 9.89. The van der Waals surface area contributed by atoms with Gasteiger partial charge in [0.1, 0.15) is 0 Å². The number of carbonyl (C=O) groups excluding carboxylic acids is 2. The van der Waals surface area contributed by atoms with E-state index >= 15 is 0 Å². The fourth-order valence-corrected chi connectivity index (χ4v) is 1.96. The van der Waals surface area contributed by atoms with E-state index in [1.54, 1.807) is 30.4 Å². The molecule has 0 aliphatic carbocycles. The van der Waals surface area contributed by atoms with Crippen LogP contribution in [0.2, 0.25) is 0 Å². The average molecular weight is 243 g/mol. The first kappa shape index (κ1) is 12.1. The molecule has 0 amide bonds. The second-order valence-electron chi connectivity index (χ2n) is 3.86. The summed E-state index contributed by atoms with van der Waals surface area (Å²) < 4.78 is 4.62. The second kappa shape index (κ2) is 4.87. The molecule has 0 atom stereocenters. The third kappa shape index (κ3) is 1.93. The molecule has 0 bridgehead atoms. The van der Waals surface area contributed by atoms with Crippen LogP contribution in [0.4, 0.5) is 5.69 Å². The molecule has 0 radical (unpaired) electrons. The highest BCUT2D eigenvalue weighted by molar-refractivity contribution is 6.17. The number of rotatable bonds is 5. The van der Waals surface area contributed by atoms with E-state index in [4.69, 9.17) is 0 Å². The Bertz CT molecular complexity index is 524. The molecule has 4 nitrogen and oxygen atoms in total. The van der Waals surface area contributed by atoms with E-state index in [1.807, 2.05) is 4.90 Å². The number of ether oxygens (including phenoxy) is 1. The summed E-state index contributed by atoms with van der Waals surface area (Å²) in [6.45, 7) is 8.47. The van der Waals surface area contributed by atoms with Crippen molar-refractivity contribution in [3.63, 3.8) is 0 Å². The van der Waals surface area contributed by atoms with E-state index in [2.05, 4.69) is 17.9 Å². The van der Waals surface area contributed by atoms with Gasteiger partial charge in [-0.2, -0.15) is 0 Å². The SMILES string of the molecule is C=CCN(CC=C)c1cccc2c1C(=O)OC2=O. The Morgan fingerprint density at radius 1 is 1.11 bits per heavy atom. The van der Waals surface area contributed by atoms with Crippen molar-refractivity contribution in [3.05, 3.63) is 54.6 Å². The van der Waals surface area contributed by atoms with Gasteiger partial charge in [-0.25, -0.2) is 9.59 Å². The fourth-order valence-electron chi connectivity index (χ4n) is 1.96. The Morgan fingerprint density at radius 3 is 2.39 bits per heavy atom. The van der Waals surface area contributed by atoms with Gasteiger partial charge in [0.15, 0.2) is 0 Å². The third-order valence-electron chi connectivity index (χ3n) is 2.69. The van der Waals surface area contributed by atoms with Crippen LogP contribution in [-0.2, 0) is 4.74 Å². The maximum atomic E-state index is 11.7. The summed E-state index contributed by atoms with van der Waals surface area (Å²) in [5.74, 6) is -1.18. The van der Waals surface area contributed by atoms with Crippen molar-refractivity contribution in [2.45, 2.75) is 0 Å². The Morgan fingerprint density at radius 2 is 1.78 bits per heavy atom. The molecule has 92 valence electrons. The lowest BCUT2D eigenvalue weighted by molar-refractivity contribution is 0.0444. The molecule has 2 rings (SSSR count). The molecular weight excluding hydrogens is 230 g/mol. The summed E-state index contributed by atoms with van der Waals surface area (Å²) in [6.07, 6.45) is 3.45. The van der Waals surface area contributed by atoms with Crippen molar-refractivity contribution in [2.75, 3.05) is 18.0 Å². The van der Waals surface area contributed by atoms with Crippen LogP contribution in [0.25, 0.3) is 0 Å². The third-order valence-corrected chi connectivity index (χ3v) is 2.69. The highest BCUT2D eigenvalue weighted by Gasteiger charge is 2.33. The van der Waals surface area contributed by atoms with Crippen molar-refractivity contribution in [2.24, 2.45) is 0 Å². The van der Waals surface area contributed by atoms with E-state index in [9.17, 15) is 9.59 Å². The first-order chi connectivity index (χ1) is 8.69. The highest BCUT2D eigenvalue weighted by Crippen LogP contribution is 2.30. The molecule has 1 aliphatic rings. The summed E-state index contributed by atoms with van der Waals surface area (Å²) in [5, 5.41) is 0. The lowest BCUT2D eigenvalue weighted by Crippen LogP contribution is -2.25. The van der Waals surface area contributed by atoms with Gasteiger partial charge < -0.3 is 9.64 Å². The summed E-state index contributed by atoms with van der Waals surface area (Å²) in [5.41, 5.74) is 1.31. The van der Waals surface area contributed by atoms with Crippen LogP contribution in [0.15, 0.2) is 43.5 Å². The van der Waals surface area contributed by atoms with Gasteiger partial charge >= 0.3 is 11.9 Å². The van der Waals surface area contributed by atoms with Gasteiger partial charge in [-0.3, -0.25) is 0 Å². The van der Waals surface area contributed by atoms with E-state index < -0.39 is 11.9 Å². The number of cyclic esters (lactones) is 2. The maximum absolute atomic E-state index is 11.7.